The zero-order valence-corrected chi connectivity index (χ0v) is 14.3. The third kappa shape index (κ3) is 5.07. The molecule has 0 saturated carbocycles. The van der Waals surface area contributed by atoms with Gasteiger partial charge in [0, 0.05) is 28.9 Å². The molecule has 0 radical (unpaired) electrons. The molecule has 0 heterocycles. The summed E-state index contributed by atoms with van der Waals surface area (Å²) in [5.41, 5.74) is -4.72. The highest BCUT2D eigenvalue weighted by atomic mass is 79.9. The summed E-state index contributed by atoms with van der Waals surface area (Å²) in [7, 11) is 0. The molecule has 1 N–H and O–H groups in total. The predicted octanol–water partition coefficient (Wildman–Crippen LogP) is 4.92. The summed E-state index contributed by atoms with van der Waals surface area (Å²) in [5.74, 6) is -2.11. The van der Waals surface area contributed by atoms with Crippen molar-refractivity contribution in [3.8, 4) is 5.75 Å². The van der Waals surface area contributed by atoms with Crippen molar-refractivity contribution in [3.05, 3.63) is 62.4 Å². The second kappa shape index (κ2) is 7.28. The maximum atomic E-state index is 13.6. The van der Waals surface area contributed by atoms with Crippen LogP contribution in [0.1, 0.15) is 10.4 Å². The molecule has 2 rings (SSSR count). The lowest BCUT2D eigenvalue weighted by Gasteiger charge is -2.11. The monoisotopic (exact) mass is 438 g/mol. The minimum Gasteiger partial charge on any atom is -0.420 e. The first-order valence-electron chi connectivity index (χ1n) is 6.37. The number of halogens is 5. The Kier molecular flexibility index (Phi) is 5.53. The molecule has 0 spiro atoms. The fourth-order valence-electron chi connectivity index (χ4n) is 1.78. The number of nitro groups is 1. The van der Waals surface area contributed by atoms with Crippen LogP contribution in [0.15, 0.2) is 40.9 Å². The topological polar surface area (TPSA) is 81.5 Å². The van der Waals surface area contributed by atoms with Gasteiger partial charge in [0.15, 0.2) is 0 Å². The summed E-state index contributed by atoms with van der Waals surface area (Å²) in [6.07, 6.45) is 0. The molecule has 2 aromatic rings. The number of nitro benzene ring substituents is 1. The Hall–Kier alpha value is -2.33. The van der Waals surface area contributed by atoms with Crippen molar-refractivity contribution in [2.45, 2.75) is 5.57 Å². The average molecular weight is 440 g/mol. The highest BCUT2D eigenvalue weighted by molar-refractivity contribution is 9.10. The second-order valence-electron chi connectivity index (χ2n) is 4.57. The molecule has 25 heavy (non-hydrogen) atoms. The summed E-state index contributed by atoms with van der Waals surface area (Å²) in [5, 5.41) is 13.2. The van der Waals surface area contributed by atoms with Gasteiger partial charge < -0.3 is 10.1 Å². The minimum absolute atomic E-state index is 0.174. The summed E-state index contributed by atoms with van der Waals surface area (Å²) in [6.45, 7) is 0. The largest absolute Gasteiger partial charge is 0.487 e. The third-order valence-electron chi connectivity index (χ3n) is 2.81. The minimum atomic E-state index is -3.87. The van der Waals surface area contributed by atoms with Crippen LogP contribution in [-0.2, 0) is 0 Å². The lowest BCUT2D eigenvalue weighted by Crippen LogP contribution is -2.16. The number of rotatable bonds is 5. The Morgan fingerprint density at radius 3 is 2.40 bits per heavy atom. The quantitative estimate of drug-likeness (QED) is 0.407. The van der Waals surface area contributed by atoms with Gasteiger partial charge in [0.2, 0.25) is 5.82 Å². The maximum Gasteiger partial charge on any atom is 0.487 e. The van der Waals surface area contributed by atoms with Crippen molar-refractivity contribution in [2.24, 2.45) is 0 Å². The van der Waals surface area contributed by atoms with E-state index in [0.717, 1.165) is 24.3 Å². The number of benzene rings is 2. The van der Waals surface area contributed by atoms with Gasteiger partial charge in [-0.05, 0) is 46.3 Å². The molecule has 0 aliphatic carbocycles. The van der Waals surface area contributed by atoms with Gasteiger partial charge in [-0.1, -0.05) is 0 Å². The van der Waals surface area contributed by atoms with Crippen molar-refractivity contribution in [1.82, 2.24) is 0 Å². The molecule has 132 valence electrons. The number of nitrogens with one attached hydrogen (secondary N) is 1. The van der Waals surface area contributed by atoms with Crippen LogP contribution < -0.4 is 10.1 Å². The standard InChI is InChI=1S/C14H7BrClF3N2O4/c15-10-5-7(6-11(12(10)17)21(23)24)13(22)20-8-1-3-9(4-2-8)25-14(16,18)19/h1-6H,(H,20,22). The molecule has 0 aromatic heterocycles. The first-order valence-corrected chi connectivity index (χ1v) is 7.54. The zero-order valence-electron chi connectivity index (χ0n) is 11.9. The number of carbonyl (C=O) groups is 1. The van der Waals surface area contributed by atoms with Crippen molar-refractivity contribution in [2.75, 3.05) is 5.32 Å². The molecule has 0 bridgehead atoms. The van der Waals surface area contributed by atoms with Crippen LogP contribution in [0.3, 0.4) is 0 Å². The highest BCUT2D eigenvalue weighted by Gasteiger charge is 2.27. The van der Waals surface area contributed by atoms with Gasteiger partial charge in [0.1, 0.15) is 5.75 Å². The van der Waals surface area contributed by atoms with Gasteiger partial charge in [-0.15, -0.1) is 8.78 Å². The summed E-state index contributed by atoms with van der Waals surface area (Å²) in [6, 6.07) is 6.62. The van der Waals surface area contributed by atoms with Gasteiger partial charge in [0.05, 0.1) is 9.40 Å². The molecule has 0 unspecified atom stereocenters. The Labute approximate surface area is 151 Å². The van der Waals surface area contributed by atoms with Crippen LogP contribution in [0.5, 0.6) is 5.75 Å². The molecule has 0 fully saturated rings. The summed E-state index contributed by atoms with van der Waals surface area (Å²) < 4.78 is 42.5. The fourth-order valence-corrected chi connectivity index (χ4v) is 2.32. The normalized spacial score (nSPS) is 11.1. The number of nitrogens with zero attached hydrogens (tertiary/aromatic N) is 1. The number of alkyl halides is 3. The maximum absolute atomic E-state index is 13.6. The van der Waals surface area contributed by atoms with E-state index in [1.807, 2.05) is 0 Å². The lowest BCUT2D eigenvalue weighted by atomic mass is 10.1. The van der Waals surface area contributed by atoms with E-state index in [2.05, 4.69) is 37.6 Å². The summed E-state index contributed by atoms with van der Waals surface area (Å²) in [4.78, 5) is 21.9. The van der Waals surface area contributed by atoms with Gasteiger partial charge in [-0.25, -0.2) is 0 Å². The molecule has 2 aromatic carbocycles. The van der Waals surface area contributed by atoms with Crippen molar-refractivity contribution in [1.29, 1.82) is 0 Å². The number of hydrogen-bond donors (Lipinski definition) is 1. The molecule has 1 amide bonds. The third-order valence-corrected chi connectivity index (χ3v) is 3.47. The van der Waals surface area contributed by atoms with Crippen molar-refractivity contribution < 1.29 is 27.6 Å². The van der Waals surface area contributed by atoms with E-state index < -0.39 is 27.9 Å². The average Bonchev–Trinajstić information content (AvgIpc) is 2.50. The molecular formula is C14H7BrClF3N2O4. The van der Waals surface area contributed by atoms with E-state index in [1.165, 1.54) is 12.1 Å². The lowest BCUT2D eigenvalue weighted by molar-refractivity contribution is -0.387. The molecule has 0 aliphatic heterocycles. The highest BCUT2D eigenvalue weighted by Crippen LogP contribution is 2.28. The van der Waals surface area contributed by atoms with E-state index in [9.17, 15) is 28.1 Å². The second-order valence-corrected chi connectivity index (χ2v) is 5.87. The Morgan fingerprint density at radius 1 is 1.28 bits per heavy atom. The van der Waals surface area contributed by atoms with Crippen LogP contribution in [0.25, 0.3) is 0 Å². The Bertz CT molecular complexity index is 828. The van der Waals surface area contributed by atoms with E-state index in [-0.39, 0.29) is 21.5 Å². The van der Waals surface area contributed by atoms with Gasteiger partial charge in [0.25, 0.3) is 5.91 Å². The van der Waals surface area contributed by atoms with Crippen molar-refractivity contribution in [3.63, 3.8) is 0 Å². The van der Waals surface area contributed by atoms with E-state index in [4.69, 9.17) is 0 Å². The smallest absolute Gasteiger partial charge is 0.420 e. The van der Waals surface area contributed by atoms with Gasteiger partial charge >= 0.3 is 11.3 Å². The molecule has 0 atom stereocenters. The molecule has 6 nitrogen and oxygen atoms in total. The number of amides is 1. The van der Waals surface area contributed by atoms with Crippen LogP contribution in [0.4, 0.5) is 24.5 Å². The Morgan fingerprint density at radius 2 is 1.88 bits per heavy atom. The number of hydrogen-bond acceptors (Lipinski definition) is 4. The number of anilines is 1. The summed E-state index contributed by atoms with van der Waals surface area (Å²) >= 11 is 7.42. The van der Waals surface area contributed by atoms with E-state index in [1.54, 1.807) is 0 Å². The van der Waals surface area contributed by atoms with Crippen molar-refractivity contribution >= 4 is 44.8 Å². The molecular weight excluding hydrogens is 433 g/mol. The first kappa shape index (κ1) is 19.0. The van der Waals surface area contributed by atoms with Crippen LogP contribution in [0, 0.1) is 15.9 Å². The SMILES string of the molecule is O=C(Nc1ccc(OC(F)(F)Cl)cc1)c1cc(Br)c(F)c([N+](=O)[O-])c1. The van der Waals surface area contributed by atoms with Crippen LogP contribution in [-0.4, -0.2) is 16.4 Å². The van der Waals surface area contributed by atoms with E-state index >= 15 is 0 Å². The number of ether oxygens (including phenoxy) is 1. The number of carbonyl (C=O) groups excluding carboxylic acids is 1. The molecule has 0 aliphatic rings. The predicted molar refractivity (Wildman–Crippen MR) is 86.6 cm³/mol. The van der Waals surface area contributed by atoms with Crippen LogP contribution >= 0.6 is 27.5 Å². The fraction of sp³-hybridized carbons (Fsp3) is 0.0714. The van der Waals surface area contributed by atoms with Crippen LogP contribution in [0.2, 0.25) is 0 Å². The van der Waals surface area contributed by atoms with E-state index in [0.29, 0.717) is 0 Å². The Balaban J connectivity index is 2.18. The van der Waals surface area contributed by atoms with Gasteiger partial charge in [-0.2, -0.15) is 4.39 Å². The van der Waals surface area contributed by atoms with Gasteiger partial charge in [-0.3, -0.25) is 14.9 Å². The molecule has 0 saturated heterocycles. The molecule has 11 heteroatoms. The first-order chi connectivity index (χ1) is 11.6. The zero-order chi connectivity index (χ0) is 18.8.